The molecule has 0 radical (unpaired) electrons. The lowest BCUT2D eigenvalue weighted by molar-refractivity contribution is -0.117. The lowest BCUT2D eigenvalue weighted by Gasteiger charge is -2.28. The van der Waals surface area contributed by atoms with Gasteiger partial charge in [0.2, 0.25) is 5.78 Å². The van der Waals surface area contributed by atoms with Crippen LogP contribution in [0.2, 0.25) is 5.02 Å². The zero-order valence-corrected chi connectivity index (χ0v) is 23.4. The van der Waals surface area contributed by atoms with Crippen LogP contribution in [0.3, 0.4) is 0 Å². The van der Waals surface area contributed by atoms with Crippen LogP contribution in [0.4, 0.5) is 11.4 Å². The number of aliphatic hydroxyl groups is 1. The molecule has 2 heterocycles. The van der Waals surface area contributed by atoms with Crippen molar-refractivity contribution in [3.8, 4) is 11.5 Å². The summed E-state index contributed by atoms with van der Waals surface area (Å²) in [6, 6.07) is 18.4. The number of Topliss-reactive ketones (excluding diaryl/α,β-unsaturated/α-hetero) is 1. The van der Waals surface area contributed by atoms with E-state index in [2.05, 4.69) is 18.7 Å². The number of carbonyl (C=O) groups excluding carboxylic acids is 2. The normalized spacial score (nSPS) is 15.2. The minimum Gasteiger partial charge on any atom is -0.503 e. The molecule has 1 aliphatic heterocycles. The highest BCUT2D eigenvalue weighted by molar-refractivity contribution is 6.31. The standard InChI is InChI=1S/C31H29ClN2O6/c1-5-33(6-2)21-13-11-18(12-14-21)27-26(29(36)31(37)34(27)22-9-7-8-10-23(22)38-3)28(35)24-16-19-15-20(32)17-25(39-4)30(19)40-24/h7-17,27,36H,5-6H2,1-4H3. The third-order valence-electron chi connectivity index (χ3n) is 7.13. The van der Waals surface area contributed by atoms with Gasteiger partial charge < -0.3 is 23.9 Å². The molecule has 0 aliphatic carbocycles. The number of anilines is 2. The molecule has 1 atom stereocenters. The van der Waals surface area contributed by atoms with Crippen molar-refractivity contribution in [2.24, 2.45) is 0 Å². The number of methoxy groups -OCH3 is 2. The number of hydrogen-bond donors (Lipinski definition) is 1. The number of benzene rings is 3. The molecule has 1 aliphatic rings. The number of hydrogen-bond acceptors (Lipinski definition) is 7. The largest absolute Gasteiger partial charge is 0.503 e. The molecule has 5 rings (SSSR count). The second kappa shape index (κ2) is 11.0. The van der Waals surface area contributed by atoms with E-state index < -0.39 is 23.5 Å². The molecule has 4 aromatic rings. The lowest BCUT2D eigenvalue weighted by Crippen LogP contribution is -2.31. The van der Waals surface area contributed by atoms with Crippen LogP contribution in [0.15, 0.2) is 82.5 Å². The van der Waals surface area contributed by atoms with Crippen LogP contribution in [-0.4, -0.2) is 44.1 Å². The number of halogens is 1. The molecule has 0 saturated heterocycles. The summed E-state index contributed by atoms with van der Waals surface area (Å²) in [5.74, 6) is -1.28. The van der Waals surface area contributed by atoms with Crippen molar-refractivity contribution in [2.45, 2.75) is 19.9 Å². The van der Waals surface area contributed by atoms with Crippen LogP contribution in [0.25, 0.3) is 11.0 Å². The molecule has 1 unspecified atom stereocenters. The first kappa shape index (κ1) is 27.1. The maximum absolute atomic E-state index is 14.0. The fourth-order valence-electron chi connectivity index (χ4n) is 5.17. The maximum atomic E-state index is 14.0. The highest BCUT2D eigenvalue weighted by atomic mass is 35.5. The first-order valence-corrected chi connectivity index (χ1v) is 13.3. The molecule has 0 bridgehead atoms. The minimum absolute atomic E-state index is 0.0587. The second-order valence-corrected chi connectivity index (χ2v) is 9.68. The van der Waals surface area contributed by atoms with Crippen molar-refractivity contribution < 1.29 is 28.6 Å². The minimum atomic E-state index is -0.944. The van der Waals surface area contributed by atoms with Gasteiger partial charge in [-0.05, 0) is 55.8 Å². The Morgan fingerprint density at radius 2 is 1.68 bits per heavy atom. The molecular weight excluding hydrogens is 532 g/mol. The quantitative estimate of drug-likeness (QED) is 0.227. The van der Waals surface area contributed by atoms with Crippen LogP contribution in [-0.2, 0) is 4.79 Å². The van der Waals surface area contributed by atoms with Gasteiger partial charge in [-0.2, -0.15) is 0 Å². The molecule has 9 heteroatoms. The Kier molecular flexibility index (Phi) is 7.45. The Morgan fingerprint density at radius 1 is 1.00 bits per heavy atom. The third-order valence-corrected chi connectivity index (χ3v) is 7.34. The highest BCUT2D eigenvalue weighted by Gasteiger charge is 2.46. The van der Waals surface area contributed by atoms with Crippen molar-refractivity contribution >= 4 is 45.6 Å². The Hall–Kier alpha value is -4.43. The average Bonchev–Trinajstić information content (AvgIpc) is 3.51. The number of ether oxygens (including phenoxy) is 2. The fourth-order valence-corrected chi connectivity index (χ4v) is 5.38. The summed E-state index contributed by atoms with van der Waals surface area (Å²) in [7, 11) is 2.97. The van der Waals surface area contributed by atoms with E-state index in [4.69, 9.17) is 25.5 Å². The van der Waals surface area contributed by atoms with Gasteiger partial charge in [-0.15, -0.1) is 0 Å². The monoisotopic (exact) mass is 560 g/mol. The maximum Gasteiger partial charge on any atom is 0.294 e. The Morgan fingerprint density at radius 3 is 2.33 bits per heavy atom. The van der Waals surface area contributed by atoms with E-state index in [1.807, 2.05) is 24.3 Å². The van der Waals surface area contributed by atoms with Crippen molar-refractivity contribution in [3.63, 3.8) is 0 Å². The van der Waals surface area contributed by atoms with E-state index >= 15 is 0 Å². The molecule has 40 heavy (non-hydrogen) atoms. The molecule has 0 fully saturated rings. The molecular formula is C31H29ClN2O6. The number of ketones is 1. The number of aliphatic hydroxyl groups excluding tert-OH is 1. The van der Waals surface area contributed by atoms with Gasteiger partial charge in [0.1, 0.15) is 5.75 Å². The molecule has 206 valence electrons. The SMILES string of the molecule is CCN(CC)c1ccc(C2C(C(=O)c3cc4cc(Cl)cc(OC)c4o3)=C(O)C(=O)N2c2ccccc2OC)cc1. The predicted molar refractivity (Wildman–Crippen MR) is 155 cm³/mol. The van der Waals surface area contributed by atoms with Gasteiger partial charge in [0.15, 0.2) is 22.9 Å². The van der Waals surface area contributed by atoms with Crippen LogP contribution in [0.1, 0.15) is 36.0 Å². The predicted octanol–water partition coefficient (Wildman–Crippen LogP) is 6.73. The Bertz CT molecular complexity index is 1620. The summed E-state index contributed by atoms with van der Waals surface area (Å²) in [4.78, 5) is 31.2. The van der Waals surface area contributed by atoms with Crippen LogP contribution >= 0.6 is 11.6 Å². The van der Waals surface area contributed by atoms with Gasteiger partial charge >= 0.3 is 0 Å². The molecule has 1 amide bonds. The average molecular weight is 561 g/mol. The van der Waals surface area contributed by atoms with Gasteiger partial charge in [-0.25, -0.2) is 0 Å². The zero-order valence-electron chi connectivity index (χ0n) is 22.6. The van der Waals surface area contributed by atoms with Crippen LogP contribution in [0.5, 0.6) is 11.5 Å². The van der Waals surface area contributed by atoms with Gasteiger partial charge in [0.05, 0.1) is 31.5 Å². The van der Waals surface area contributed by atoms with E-state index in [-0.39, 0.29) is 11.3 Å². The molecule has 1 N–H and O–H groups in total. The van der Waals surface area contributed by atoms with Gasteiger partial charge in [-0.1, -0.05) is 35.9 Å². The summed E-state index contributed by atoms with van der Waals surface area (Å²) in [6.07, 6.45) is 0. The van der Waals surface area contributed by atoms with Crippen LogP contribution < -0.4 is 19.3 Å². The van der Waals surface area contributed by atoms with E-state index in [0.29, 0.717) is 38.7 Å². The van der Waals surface area contributed by atoms with Gasteiger partial charge in [-0.3, -0.25) is 14.5 Å². The molecule has 1 aromatic heterocycles. The van der Waals surface area contributed by atoms with Gasteiger partial charge in [0.25, 0.3) is 5.91 Å². The van der Waals surface area contributed by atoms with Crippen molar-refractivity contribution in [3.05, 3.63) is 94.4 Å². The number of carbonyl (C=O) groups is 2. The topological polar surface area (TPSA) is 92.5 Å². The fraction of sp³-hybridized carbons (Fsp3) is 0.226. The van der Waals surface area contributed by atoms with E-state index in [1.54, 1.807) is 36.4 Å². The summed E-state index contributed by atoms with van der Waals surface area (Å²) in [5.41, 5.74) is 2.29. The number of amides is 1. The van der Waals surface area contributed by atoms with E-state index in [9.17, 15) is 14.7 Å². The van der Waals surface area contributed by atoms with E-state index in [1.165, 1.54) is 25.2 Å². The number of rotatable bonds is 9. The number of furan rings is 1. The first-order chi connectivity index (χ1) is 19.3. The third kappa shape index (κ3) is 4.54. The highest BCUT2D eigenvalue weighted by Crippen LogP contribution is 2.45. The zero-order chi connectivity index (χ0) is 28.6. The van der Waals surface area contributed by atoms with Crippen molar-refractivity contribution in [1.82, 2.24) is 0 Å². The molecule has 0 saturated carbocycles. The summed E-state index contributed by atoms with van der Waals surface area (Å²) >= 11 is 6.21. The first-order valence-electron chi connectivity index (χ1n) is 12.9. The summed E-state index contributed by atoms with van der Waals surface area (Å²) < 4.78 is 16.8. The number of fused-ring (bicyclic) bond motifs is 1. The molecule has 0 spiro atoms. The van der Waals surface area contributed by atoms with Gasteiger partial charge in [0, 0.05) is 35.3 Å². The Balaban J connectivity index is 1.66. The summed E-state index contributed by atoms with van der Waals surface area (Å²) in [5, 5.41) is 12.2. The van der Waals surface area contributed by atoms with Crippen LogP contribution in [0, 0.1) is 0 Å². The second-order valence-electron chi connectivity index (χ2n) is 9.24. The smallest absolute Gasteiger partial charge is 0.294 e. The van der Waals surface area contributed by atoms with Crippen molar-refractivity contribution in [1.29, 1.82) is 0 Å². The summed E-state index contributed by atoms with van der Waals surface area (Å²) in [6.45, 7) is 5.80. The molecule has 3 aromatic carbocycles. The number of para-hydroxylation sites is 2. The number of nitrogens with zero attached hydrogens (tertiary/aromatic N) is 2. The lowest BCUT2D eigenvalue weighted by atomic mass is 9.94. The van der Waals surface area contributed by atoms with Crippen molar-refractivity contribution in [2.75, 3.05) is 37.1 Å². The molecule has 8 nitrogen and oxygen atoms in total. The Labute approximate surface area is 237 Å². The van der Waals surface area contributed by atoms with E-state index in [0.717, 1.165) is 18.8 Å².